The van der Waals surface area contributed by atoms with Crippen LogP contribution in [0.25, 0.3) is 0 Å². The number of nitrogens with one attached hydrogen (secondary N) is 2. The molecule has 0 spiro atoms. The van der Waals surface area contributed by atoms with Crippen LogP contribution in [0.3, 0.4) is 0 Å². The maximum atomic E-state index is 10.4. The number of nitrogens with zero attached hydrogens (tertiary/aromatic N) is 2. The number of methoxy groups -OCH3 is 2. The van der Waals surface area contributed by atoms with E-state index in [1.807, 2.05) is 10.9 Å². The predicted molar refractivity (Wildman–Crippen MR) is 48.1 cm³/mol. The minimum atomic E-state index is -0.699. The zero-order valence-corrected chi connectivity index (χ0v) is 7.68. The summed E-state index contributed by atoms with van der Waals surface area (Å²) in [6, 6.07) is 0. The van der Waals surface area contributed by atoms with Crippen molar-refractivity contribution in [2.24, 2.45) is 10.2 Å². The van der Waals surface area contributed by atoms with E-state index >= 15 is 0 Å². The van der Waals surface area contributed by atoms with E-state index in [9.17, 15) is 9.59 Å². The molecule has 0 saturated heterocycles. The van der Waals surface area contributed by atoms with Crippen molar-refractivity contribution in [3.8, 4) is 0 Å². The smallest absolute Gasteiger partial charge is 0.427 e. The number of rotatable bonds is 3. The lowest BCUT2D eigenvalue weighted by atomic mass is 10.8. The second-order valence-electron chi connectivity index (χ2n) is 1.76. The lowest BCUT2D eigenvalue weighted by molar-refractivity contribution is 0.170. The molecule has 2 amide bonds. The molecular formula is C6H10N4O4. The minimum absolute atomic E-state index is 0.699. The quantitative estimate of drug-likeness (QED) is 0.483. The molecule has 0 radical (unpaired) electrons. The molecule has 8 nitrogen and oxygen atoms in total. The van der Waals surface area contributed by atoms with Gasteiger partial charge in [-0.1, -0.05) is 0 Å². The average molecular weight is 202 g/mol. The van der Waals surface area contributed by atoms with Crippen molar-refractivity contribution in [3.63, 3.8) is 0 Å². The highest BCUT2D eigenvalue weighted by Crippen LogP contribution is 1.69. The van der Waals surface area contributed by atoms with Crippen molar-refractivity contribution in [3.05, 3.63) is 0 Å². The Labute approximate surface area is 79.9 Å². The van der Waals surface area contributed by atoms with Crippen molar-refractivity contribution in [1.82, 2.24) is 10.9 Å². The number of carbonyl (C=O) groups is 2. The van der Waals surface area contributed by atoms with E-state index in [1.165, 1.54) is 14.2 Å². The van der Waals surface area contributed by atoms with Gasteiger partial charge in [-0.2, -0.15) is 10.2 Å². The van der Waals surface area contributed by atoms with Crippen LogP contribution in [0, 0.1) is 0 Å². The zero-order valence-electron chi connectivity index (χ0n) is 7.68. The van der Waals surface area contributed by atoms with E-state index in [1.54, 1.807) is 0 Å². The summed E-state index contributed by atoms with van der Waals surface area (Å²) in [6.07, 6.45) is 0.894. The Balaban J connectivity index is 3.60. The lowest BCUT2D eigenvalue weighted by Gasteiger charge is -1.94. The Morgan fingerprint density at radius 2 is 1.36 bits per heavy atom. The van der Waals surface area contributed by atoms with Crippen LogP contribution in [-0.4, -0.2) is 38.8 Å². The Bertz CT molecular complexity index is 224. The molecule has 0 aliphatic carbocycles. The number of hydrazone groups is 2. The first-order valence-corrected chi connectivity index (χ1v) is 3.43. The Hall–Kier alpha value is -2.12. The monoisotopic (exact) mass is 202 g/mol. The van der Waals surface area contributed by atoms with Gasteiger partial charge in [0.15, 0.2) is 0 Å². The van der Waals surface area contributed by atoms with E-state index in [2.05, 4.69) is 19.7 Å². The Morgan fingerprint density at radius 1 is 1.00 bits per heavy atom. The standard InChI is InChI=1S/C6H10N4O4/c1-13-5(11)9-7-3-4-8-10-6(12)14-2/h3-4H,1-2H3,(H,9,11)(H,10,12)/b7-3+,8-4+. The van der Waals surface area contributed by atoms with Gasteiger partial charge in [0.05, 0.1) is 26.6 Å². The van der Waals surface area contributed by atoms with Gasteiger partial charge in [-0.15, -0.1) is 0 Å². The fourth-order valence-corrected chi connectivity index (χ4v) is 0.338. The summed E-state index contributed by atoms with van der Waals surface area (Å²) in [5, 5.41) is 6.75. The fourth-order valence-electron chi connectivity index (χ4n) is 0.338. The van der Waals surface area contributed by atoms with E-state index in [0.29, 0.717) is 0 Å². The van der Waals surface area contributed by atoms with Gasteiger partial charge in [0.25, 0.3) is 0 Å². The fraction of sp³-hybridized carbons (Fsp3) is 0.333. The molecule has 0 atom stereocenters. The summed E-state index contributed by atoms with van der Waals surface area (Å²) in [7, 11) is 2.41. The van der Waals surface area contributed by atoms with Gasteiger partial charge >= 0.3 is 12.2 Å². The Kier molecular flexibility index (Phi) is 6.39. The average Bonchev–Trinajstić information content (AvgIpc) is 2.22. The van der Waals surface area contributed by atoms with Crippen LogP contribution >= 0.6 is 0 Å². The predicted octanol–water partition coefficient (Wildman–Crippen LogP) is -0.330. The van der Waals surface area contributed by atoms with Gasteiger partial charge in [-0.3, -0.25) is 0 Å². The van der Waals surface area contributed by atoms with E-state index in [0.717, 1.165) is 12.4 Å². The second-order valence-corrected chi connectivity index (χ2v) is 1.76. The van der Waals surface area contributed by atoms with E-state index in [4.69, 9.17) is 0 Å². The van der Waals surface area contributed by atoms with Crippen LogP contribution in [0.2, 0.25) is 0 Å². The van der Waals surface area contributed by atoms with Crippen molar-refractivity contribution in [2.75, 3.05) is 14.2 Å². The summed E-state index contributed by atoms with van der Waals surface area (Å²) in [4.78, 5) is 20.8. The molecule has 0 saturated carbocycles. The maximum absolute atomic E-state index is 10.4. The van der Waals surface area contributed by atoms with Crippen LogP contribution in [0.15, 0.2) is 10.2 Å². The highest BCUT2D eigenvalue weighted by Gasteiger charge is 1.92. The molecule has 0 aliphatic heterocycles. The molecule has 0 aromatic carbocycles. The van der Waals surface area contributed by atoms with E-state index < -0.39 is 12.2 Å². The van der Waals surface area contributed by atoms with Crippen LogP contribution in [0.4, 0.5) is 9.59 Å². The molecule has 0 aromatic heterocycles. The summed E-state index contributed by atoms with van der Waals surface area (Å²) >= 11 is 0. The second kappa shape index (κ2) is 7.53. The minimum Gasteiger partial charge on any atom is -0.452 e. The molecule has 0 bridgehead atoms. The molecule has 78 valence electrons. The molecule has 0 aromatic rings. The number of hydrogen-bond acceptors (Lipinski definition) is 6. The maximum Gasteiger partial charge on any atom is 0.427 e. The molecule has 0 rings (SSSR count). The third-order valence-corrected chi connectivity index (χ3v) is 0.898. The van der Waals surface area contributed by atoms with Crippen molar-refractivity contribution in [2.45, 2.75) is 0 Å². The topological polar surface area (TPSA) is 101 Å². The van der Waals surface area contributed by atoms with Gasteiger partial charge in [-0.25, -0.2) is 20.4 Å². The van der Waals surface area contributed by atoms with E-state index in [-0.39, 0.29) is 0 Å². The van der Waals surface area contributed by atoms with Crippen molar-refractivity contribution < 1.29 is 19.1 Å². The highest BCUT2D eigenvalue weighted by atomic mass is 16.5. The highest BCUT2D eigenvalue weighted by molar-refractivity contribution is 6.16. The van der Waals surface area contributed by atoms with Crippen LogP contribution in [-0.2, 0) is 9.47 Å². The first-order chi connectivity index (χ1) is 6.70. The van der Waals surface area contributed by atoms with Crippen LogP contribution in [0.5, 0.6) is 0 Å². The van der Waals surface area contributed by atoms with Crippen molar-refractivity contribution in [1.29, 1.82) is 0 Å². The number of amides is 2. The third-order valence-electron chi connectivity index (χ3n) is 0.898. The van der Waals surface area contributed by atoms with Crippen molar-refractivity contribution >= 4 is 24.6 Å². The normalized spacial score (nSPS) is 10.1. The molecule has 0 unspecified atom stereocenters. The molecule has 0 fully saturated rings. The summed E-state index contributed by atoms with van der Waals surface area (Å²) in [5.41, 5.74) is 4.02. The van der Waals surface area contributed by atoms with Gasteiger partial charge < -0.3 is 9.47 Å². The molecular weight excluding hydrogens is 192 g/mol. The lowest BCUT2D eigenvalue weighted by Crippen LogP contribution is -2.18. The Morgan fingerprint density at radius 3 is 1.64 bits per heavy atom. The summed E-state index contributed by atoms with van der Waals surface area (Å²) < 4.78 is 8.43. The van der Waals surface area contributed by atoms with Crippen LogP contribution in [0.1, 0.15) is 0 Å². The third kappa shape index (κ3) is 6.58. The molecule has 14 heavy (non-hydrogen) atoms. The first-order valence-electron chi connectivity index (χ1n) is 3.43. The van der Waals surface area contributed by atoms with Gasteiger partial charge in [0.1, 0.15) is 0 Å². The first kappa shape index (κ1) is 11.9. The van der Waals surface area contributed by atoms with Gasteiger partial charge in [0, 0.05) is 0 Å². The molecule has 0 aliphatic rings. The van der Waals surface area contributed by atoms with Gasteiger partial charge in [-0.05, 0) is 0 Å². The SMILES string of the molecule is COC(=O)N/N=C/C=N/NC(=O)OC. The van der Waals surface area contributed by atoms with Crippen LogP contribution < -0.4 is 10.9 Å². The molecule has 0 heterocycles. The largest absolute Gasteiger partial charge is 0.452 e. The number of carbonyl (C=O) groups excluding carboxylic acids is 2. The van der Waals surface area contributed by atoms with Gasteiger partial charge in [0.2, 0.25) is 0 Å². The molecule has 8 heteroatoms. The summed E-state index contributed by atoms with van der Waals surface area (Å²) in [5.74, 6) is 0. The molecule has 2 N–H and O–H groups in total. The summed E-state index contributed by atoms with van der Waals surface area (Å²) in [6.45, 7) is 0. The number of ether oxygens (including phenoxy) is 2. The zero-order chi connectivity index (χ0) is 10.8. The number of hydrogen-bond donors (Lipinski definition) is 2.